The van der Waals surface area contributed by atoms with E-state index in [2.05, 4.69) is 43.3 Å². The van der Waals surface area contributed by atoms with Crippen molar-refractivity contribution in [3.63, 3.8) is 0 Å². The molecule has 0 aliphatic rings. The average Bonchev–Trinajstić information content (AvgIpc) is 2.48. The molecule has 0 aromatic heterocycles. The molecule has 1 atom stereocenters. The first-order chi connectivity index (χ1) is 10.6. The predicted octanol–water partition coefficient (Wildman–Crippen LogP) is 4.87. The second kappa shape index (κ2) is 9.95. The minimum atomic E-state index is -2.60. The van der Waals surface area contributed by atoms with E-state index < -0.39 is 8.80 Å². The molecule has 0 N–H and O–H groups in total. The van der Waals surface area contributed by atoms with Gasteiger partial charge < -0.3 is 13.3 Å². The van der Waals surface area contributed by atoms with Crippen LogP contribution in [-0.2, 0) is 13.3 Å². The van der Waals surface area contributed by atoms with Gasteiger partial charge in [0.1, 0.15) is 0 Å². The van der Waals surface area contributed by atoms with Crippen LogP contribution in [0.3, 0.4) is 0 Å². The molecule has 0 bridgehead atoms. The summed E-state index contributed by atoms with van der Waals surface area (Å²) < 4.78 is 17.9. The maximum atomic E-state index is 5.96. The van der Waals surface area contributed by atoms with E-state index in [1.165, 1.54) is 11.1 Å². The van der Waals surface area contributed by atoms with Gasteiger partial charge in [-0.1, -0.05) is 43.3 Å². The summed E-state index contributed by atoms with van der Waals surface area (Å²) in [5, 5.41) is 0. The van der Waals surface area contributed by atoms with Gasteiger partial charge in [-0.2, -0.15) is 0 Å². The maximum Gasteiger partial charge on any atom is 0.501 e. The van der Waals surface area contributed by atoms with Crippen molar-refractivity contribution in [3.05, 3.63) is 41.5 Å². The fraction of sp³-hybridized carbons (Fsp3) is 0.556. The van der Waals surface area contributed by atoms with Crippen LogP contribution in [0.2, 0.25) is 6.04 Å². The molecule has 0 aliphatic carbocycles. The largest absolute Gasteiger partial charge is 0.501 e. The highest BCUT2D eigenvalue weighted by atomic mass is 28.4. The Balaban J connectivity index is 2.93. The molecule has 1 aromatic rings. The Morgan fingerprint density at radius 1 is 1.05 bits per heavy atom. The normalized spacial score (nSPS) is 13.7. The van der Waals surface area contributed by atoms with Gasteiger partial charge in [0, 0.05) is 25.9 Å². The van der Waals surface area contributed by atoms with E-state index in [-0.39, 0.29) is 0 Å². The van der Waals surface area contributed by atoms with Crippen LogP contribution in [-0.4, -0.2) is 28.6 Å². The van der Waals surface area contributed by atoms with Gasteiger partial charge in [-0.15, -0.1) is 0 Å². The van der Waals surface area contributed by atoms with Gasteiger partial charge in [0.2, 0.25) is 0 Å². The lowest BCUT2D eigenvalue weighted by Gasteiger charge is -2.30. The molecule has 0 amide bonds. The van der Waals surface area contributed by atoms with Gasteiger partial charge in [0.25, 0.3) is 0 Å². The van der Waals surface area contributed by atoms with Crippen molar-refractivity contribution in [2.75, 3.05) is 19.8 Å². The highest BCUT2D eigenvalue weighted by Gasteiger charge is 2.42. The minimum Gasteiger partial charge on any atom is -0.374 e. The van der Waals surface area contributed by atoms with Gasteiger partial charge in [0.15, 0.2) is 0 Å². The Labute approximate surface area is 136 Å². The topological polar surface area (TPSA) is 27.7 Å². The SMILES string of the molecule is C/C=C\c1cccc(C(C)C[Si](OCC)(OCC)OCC)c1. The summed E-state index contributed by atoms with van der Waals surface area (Å²) in [5.74, 6) is 0.335. The second-order valence-corrected chi connectivity index (χ2v) is 7.90. The third-order valence-corrected chi connectivity index (χ3v) is 6.79. The summed E-state index contributed by atoms with van der Waals surface area (Å²) in [6.07, 6.45) is 4.18. The Morgan fingerprint density at radius 2 is 1.64 bits per heavy atom. The molecule has 1 unspecified atom stereocenters. The number of rotatable bonds is 10. The summed E-state index contributed by atoms with van der Waals surface area (Å²) >= 11 is 0. The van der Waals surface area contributed by atoms with E-state index >= 15 is 0 Å². The highest BCUT2D eigenvalue weighted by molar-refractivity contribution is 6.60. The molecule has 0 fully saturated rings. The van der Waals surface area contributed by atoms with Crippen LogP contribution in [0.1, 0.15) is 51.7 Å². The molecule has 0 saturated heterocycles. The lowest BCUT2D eigenvalue weighted by molar-refractivity contribution is 0.0699. The second-order valence-electron chi connectivity index (χ2n) is 5.26. The van der Waals surface area contributed by atoms with Crippen LogP contribution in [0.25, 0.3) is 6.08 Å². The van der Waals surface area contributed by atoms with Crippen LogP contribution in [0.4, 0.5) is 0 Å². The lowest BCUT2D eigenvalue weighted by Crippen LogP contribution is -2.46. The Hall–Kier alpha value is -0.943. The molecule has 1 aromatic carbocycles. The molecule has 0 heterocycles. The number of hydrogen-bond acceptors (Lipinski definition) is 3. The molecule has 1 rings (SSSR count). The number of hydrogen-bond donors (Lipinski definition) is 0. The quantitative estimate of drug-likeness (QED) is 0.575. The van der Waals surface area contributed by atoms with Crippen molar-refractivity contribution in [1.82, 2.24) is 0 Å². The van der Waals surface area contributed by atoms with Gasteiger partial charge in [0.05, 0.1) is 0 Å². The Morgan fingerprint density at radius 3 is 2.14 bits per heavy atom. The summed E-state index contributed by atoms with van der Waals surface area (Å²) in [4.78, 5) is 0. The summed E-state index contributed by atoms with van der Waals surface area (Å²) in [7, 11) is -2.60. The molecular weight excluding hydrogens is 292 g/mol. The molecule has 0 aliphatic heterocycles. The monoisotopic (exact) mass is 322 g/mol. The van der Waals surface area contributed by atoms with Crippen molar-refractivity contribution in [2.45, 2.75) is 46.6 Å². The van der Waals surface area contributed by atoms with Gasteiger partial charge >= 0.3 is 8.80 Å². The van der Waals surface area contributed by atoms with E-state index in [1.807, 2.05) is 27.7 Å². The zero-order valence-corrected chi connectivity index (χ0v) is 15.6. The van der Waals surface area contributed by atoms with Crippen LogP contribution in [0.5, 0.6) is 0 Å². The van der Waals surface area contributed by atoms with E-state index in [0.29, 0.717) is 25.7 Å². The Kier molecular flexibility index (Phi) is 8.64. The highest BCUT2D eigenvalue weighted by Crippen LogP contribution is 2.29. The molecule has 22 heavy (non-hydrogen) atoms. The molecule has 0 radical (unpaired) electrons. The average molecular weight is 323 g/mol. The van der Waals surface area contributed by atoms with E-state index in [9.17, 15) is 0 Å². The molecular formula is C18H30O3Si. The lowest BCUT2D eigenvalue weighted by atomic mass is 10.0. The Bertz CT molecular complexity index is 442. The minimum absolute atomic E-state index is 0.335. The summed E-state index contributed by atoms with van der Waals surface area (Å²) in [6.45, 7) is 12.1. The zero-order chi connectivity index (χ0) is 16.4. The molecule has 0 saturated carbocycles. The fourth-order valence-corrected chi connectivity index (χ4v) is 5.52. The van der Waals surface area contributed by atoms with E-state index in [4.69, 9.17) is 13.3 Å². The molecule has 0 spiro atoms. The van der Waals surface area contributed by atoms with Crippen LogP contribution in [0.15, 0.2) is 30.3 Å². The predicted molar refractivity (Wildman–Crippen MR) is 95.0 cm³/mol. The summed E-state index contributed by atoms with van der Waals surface area (Å²) in [6, 6.07) is 9.43. The van der Waals surface area contributed by atoms with Crippen molar-refractivity contribution in [1.29, 1.82) is 0 Å². The molecule has 124 valence electrons. The van der Waals surface area contributed by atoms with Crippen molar-refractivity contribution >= 4 is 14.9 Å². The number of benzene rings is 1. The van der Waals surface area contributed by atoms with Crippen molar-refractivity contribution < 1.29 is 13.3 Å². The first-order valence-corrected chi connectivity index (χ1v) is 10.2. The van der Waals surface area contributed by atoms with Crippen molar-refractivity contribution in [2.24, 2.45) is 0 Å². The van der Waals surface area contributed by atoms with Crippen LogP contribution >= 0.6 is 0 Å². The number of allylic oxidation sites excluding steroid dienone is 1. The van der Waals surface area contributed by atoms with Crippen LogP contribution in [0, 0.1) is 0 Å². The van der Waals surface area contributed by atoms with E-state index in [0.717, 1.165) is 6.04 Å². The standard InChI is InChI=1S/C18H30O3Si/c1-6-11-17-12-10-13-18(14-17)16(5)15-22(19-7-2,20-8-3)21-9-4/h6,10-14,16H,7-9,15H2,1-5H3/b11-6-. The first kappa shape index (κ1) is 19.1. The summed E-state index contributed by atoms with van der Waals surface area (Å²) in [5.41, 5.74) is 2.52. The maximum absolute atomic E-state index is 5.96. The van der Waals surface area contributed by atoms with E-state index in [1.54, 1.807) is 0 Å². The van der Waals surface area contributed by atoms with Gasteiger partial charge in [-0.25, -0.2) is 0 Å². The smallest absolute Gasteiger partial charge is 0.374 e. The van der Waals surface area contributed by atoms with Gasteiger partial charge in [-0.3, -0.25) is 0 Å². The van der Waals surface area contributed by atoms with Gasteiger partial charge in [-0.05, 0) is 44.7 Å². The fourth-order valence-electron chi connectivity index (χ4n) is 2.62. The third-order valence-electron chi connectivity index (χ3n) is 3.49. The van der Waals surface area contributed by atoms with Crippen molar-refractivity contribution in [3.8, 4) is 0 Å². The molecule has 3 nitrogen and oxygen atoms in total. The zero-order valence-electron chi connectivity index (χ0n) is 14.6. The molecule has 4 heteroatoms. The third kappa shape index (κ3) is 5.69. The first-order valence-electron chi connectivity index (χ1n) is 8.25. The van der Waals surface area contributed by atoms with Crippen LogP contribution < -0.4 is 0 Å².